The van der Waals surface area contributed by atoms with Gasteiger partial charge in [-0.3, -0.25) is 4.98 Å². The van der Waals surface area contributed by atoms with Crippen LogP contribution in [0.3, 0.4) is 0 Å². The molecule has 0 amide bonds. The number of rotatable bonds is 5. The number of benzene rings is 8. The first-order valence-corrected chi connectivity index (χ1v) is 21.0. The highest BCUT2D eigenvalue weighted by molar-refractivity contribution is 7.99. The van der Waals surface area contributed by atoms with Crippen LogP contribution in [0.1, 0.15) is 22.3 Å². The molecule has 60 heavy (non-hydrogen) atoms. The molecular formula is C55H34N4S. The molecule has 4 nitrogen and oxygen atoms in total. The predicted octanol–water partition coefficient (Wildman–Crippen LogP) is 13.6. The maximum Gasteiger partial charge on any atom is 0.165 e. The summed E-state index contributed by atoms with van der Waals surface area (Å²) in [6, 6.07) is 71.3. The lowest BCUT2D eigenvalue weighted by Crippen LogP contribution is -2.32. The molecule has 280 valence electrons. The summed E-state index contributed by atoms with van der Waals surface area (Å²) in [6.45, 7) is 0. The molecule has 2 aromatic heterocycles. The van der Waals surface area contributed by atoms with Gasteiger partial charge >= 0.3 is 0 Å². The van der Waals surface area contributed by atoms with Crippen LogP contribution in [0, 0.1) is 0 Å². The molecule has 3 heterocycles. The largest absolute Gasteiger partial charge is 0.256 e. The quantitative estimate of drug-likeness (QED) is 0.174. The molecule has 0 bridgehead atoms. The molecule has 1 aliphatic carbocycles. The van der Waals surface area contributed by atoms with Gasteiger partial charge in [-0.05, 0) is 56.1 Å². The fourth-order valence-electron chi connectivity index (χ4n) is 9.44. The van der Waals surface area contributed by atoms with Gasteiger partial charge in [0, 0.05) is 43.6 Å². The fourth-order valence-corrected chi connectivity index (χ4v) is 10.9. The Hall–Kier alpha value is -7.47. The third kappa shape index (κ3) is 5.26. The van der Waals surface area contributed by atoms with Crippen molar-refractivity contribution in [2.24, 2.45) is 0 Å². The van der Waals surface area contributed by atoms with Crippen LogP contribution in [-0.4, -0.2) is 19.9 Å². The third-order valence-electron chi connectivity index (χ3n) is 12.1. The summed E-state index contributed by atoms with van der Waals surface area (Å²) in [6.07, 6.45) is 1.89. The van der Waals surface area contributed by atoms with Crippen molar-refractivity contribution in [3.05, 3.63) is 229 Å². The highest BCUT2D eigenvalue weighted by Gasteiger charge is 2.51. The number of pyridine rings is 1. The summed E-state index contributed by atoms with van der Waals surface area (Å²) in [5.74, 6) is 1.90. The van der Waals surface area contributed by atoms with E-state index in [1.807, 2.05) is 48.3 Å². The van der Waals surface area contributed by atoms with E-state index in [9.17, 15) is 0 Å². The SMILES string of the molecule is c1ccc(-c2ccc(-c3nc(-c4ccccc4)nc(-c4cccc5c4Sc4c(-c6cccc7cccnc67)cccc4C54c5ccccc5-c5ccccc54)n3)cc2)cc1. The number of nitrogens with zero attached hydrogens (tertiary/aromatic N) is 4. The molecule has 1 spiro atoms. The lowest BCUT2D eigenvalue weighted by atomic mass is 9.66. The Labute approximate surface area is 352 Å². The van der Waals surface area contributed by atoms with E-state index in [-0.39, 0.29) is 0 Å². The molecule has 0 radical (unpaired) electrons. The molecule has 2 aliphatic rings. The minimum atomic E-state index is -0.599. The van der Waals surface area contributed by atoms with Crippen LogP contribution in [0.4, 0.5) is 0 Å². The van der Waals surface area contributed by atoms with Gasteiger partial charge in [0.25, 0.3) is 0 Å². The molecule has 0 N–H and O–H groups in total. The zero-order chi connectivity index (χ0) is 39.6. The van der Waals surface area contributed by atoms with Crippen LogP contribution < -0.4 is 0 Å². The standard InChI is InChI=1S/C55H34N4S/c1-3-15-35(16-4-1)36-30-32-39(33-31-36)53-57-52(38-17-5-2-6-18-38)58-54(59-53)44-25-13-29-48-51(44)60-50-43(42-23-11-19-37-20-14-34-56-49(37)42)24-12-28-47(50)55(48)45-26-9-7-21-40(45)41-22-8-10-27-46(41)55/h1-34H. The first-order chi connectivity index (χ1) is 29.8. The van der Waals surface area contributed by atoms with E-state index >= 15 is 0 Å². The van der Waals surface area contributed by atoms with Crippen molar-refractivity contribution in [3.8, 4) is 67.5 Å². The van der Waals surface area contributed by atoms with Crippen molar-refractivity contribution in [2.75, 3.05) is 0 Å². The molecule has 1 aliphatic heterocycles. The van der Waals surface area contributed by atoms with E-state index in [1.165, 1.54) is 43.8 Å². The Morgan fingerprint density at radius 1 is 0.317 bits per heavy atom. The molecule has 0 unspecified atom stereocenters. The second-order valence-corrected chi connectivity index (χ2v) is 16.3. The first kappa shape index (κ1) is 34.6. The first-order valence-electron chi connectivity index (χ1n) is 20.2. The number of hydrogen-bond donors (Lipinski definition) is 0. The smallest absolute Gasteiger partial charge is 0.165 e. The van der Waals surface area contributed by atoms with Gasteiger partial charge in [0.15, 0.2) is 17.5 Å². The zero-order valence-corrected chi connectivity index (χ0v) is 33.1. The van der Waals surface area contributed by atoms with Gasteiger partial charge < -0.3 is 0 Å². The second kappa shape index (κ2) is 13.8. The summed E-state index contributed by atoms with van der Waals surface area (Å²) in [5.41, 5.74) is 15.4. The van der Waals surface area contributed by atoms with Gasteiger partial charge in [0.2, 0.25) is 0 Å². The van der Waals surface area contributed by atoms with Gasteiger partial charge in [-0.2, -0.15) is 0 Å². The predicted molar refractivity (Wildman–Crippen MR) is 244 cm³/mol. The van der Waals surface area contributed by atoms with Crippen molar-refractivity contribution in [1.82, 2.24) is 19.9 Å². The normalized spacial score (nSPS) is 13.1. The summed E-state index contributed by atoms with van der Waals surface area (Å²) < 4.78 is 0. The second-order valence-electron chi connectivity index (χ2n) is 15.3. The molecule has 12 rings (SSSR count). The summed E-state index contributed by atoms with van der Waals surface area (Å²) in [7, 11) is 0. The van der Waals surface area contributed by atoms with E-state index in [0.717, 1.165) is 49.2 Å². The molecule has 10 aromatic rings. The van der Waals surface area contributed by atoms with E-state index in [4.69, 9.17) is 19.9 Å². The molecule has 0 saturated carbocycles. The molecule has 5 heteroatoms. The van der Waals surface area contributed by atoms with E-state index < -0.39 is 5.41 Å². The molecule has 0 saturated heterocycles. The number of aromatic nitrogens is 4. The number of fused-ring (bicyclic) bond motifs is 10. The Morgan fingerprint density at radius 3 is 1.45 bits per heavy atom. The van der Waals surface area contributed by atoms with Crippen LogP contribution >= 0.6 is 11.8 Å². The monoisotopic (exact) mass is 782 g/mol. The van der Waals surface area contributed by atoms with Gasteiger partial charge in [-0.1, -0.05) is 206 Å². The summed E-state index contributed by atoms with van der Waals surface area (Å²) in [4.78, 5) is 23.1. The van der Waals surface area contributed by atoms with Gasteiger partial charge in [0.05, 0.1) is 10.9 Å². The number of hydrogen-bond acceptors (Lipinski definition) is 5. The Bertz CT molecular complexity index is 3240. The highest BCUT2D eigenvalue weighted by Crippen LogP contribution is 2.64. The Kier molecular flexibility index (Phi) is 7.97. The van der Waals surface area contributed by atoms with Crippen molar-refractivity contribution < 1.29 is 0 Å². The van der Waals surface area contributed by atoms with Crippen LogP contribution in [0.2, 0.25) is 0 Å². The Morgan fingerprint density at radius 2 is 0.767 bits per heavy atom. The van der Waals surface area contributed by atoms with Crippen molar-refractivity contribution in [2.45, 2.75) is 15.2 Å². The van der Waals surface area contributed by atoms with Crippen LogP contribution in [0.25, 0.3) is 78.4 Å². The maximum absolute atomic E-state index is 5.35. The van der Waals surface area contributed by atoms with Gasteiger partial charge in [-0.15, -0.1) is 0 Å². The lowest BCUT2D eigenvalue weighted by Gasteiger charge is -2.41. The average Bonchev–Trinajstić information content (AvgIpc) is 3.62. The number of para-hydroxylation sites is 1. The minimum Gasteiger partial charge on any atom is -0.256 e. The van der Waals surface area contributed by atoms with E-state index in [2.05, 4.69) is 170 Å². The average molecular weight is 783 g/mol. The lowest BCUT2D eigenvalue weighted by molar-refractivity contribution is 0.723. The van der Waals surface area contributed by atoms with Gasteiger partial charge in [-0.25, -0.2) is 15.0 Å². The van der Waals surface area contributed by atoms with Crippen LogP contribution in [0.15, 0.2) is 216 Å². The van der Waals surface area contributed by atoms with Crippen molar-refractivity contribution in [1.29, 1.82) is 0 Å². The highest BCUT2D eigenvalue weighted by atomic mass is 32.2. The minimum absolute atomic E-state index is 0.599. The van der Waals surface area contributed by atoms with Crippen LogP contribution in [-0.2, 0) is 5.41 Å². The maximum atomic E-state index is 5.35. The topological polar surface area (TPSA) is 51.6 Å². The van der Waals surface area contributed by atoms with Crippen molar-refractivity contribution >= 4 is 22.7 Å². The van der Waals surface area contributed by atoms with E-state index in [0.29, 0.717) is 17.5 Å². The summed E-state index contributed by atoms with van der Waals surface area (Å²) >= 11 is 1.82. The molecule has 0 fully saturated rings. The van der Waals surface area contributed by atoms with Crippen LogP contribution in [0.5, 0.6) is 0 Å². The Balaban J connectivity index is 1.13. The molecular weight excluding hydrogens is 749 g/mol. The summed E-state index contributed by atoms with van der Waals surface area (Å²) in [5, 5.41) is 1.11. The van der Waals surface area contributed by atoms with Gasteiger partial charge in [0.1, 0.15) is 0 Å². The molecule has 8 aromatic carbocycles. The third-order valence-corrected chi connectivity index (χ3v) is 13.4. The zero-order valence-electron chi connectivity index (χ0n) is 32.3. The van der Waals surface area contributed by atoms with E-state index in [1.54, 1.807) is 0 Å². The molecule has 0 atom stereocenters. The fraction of sp³-hybridized carbons (Fsp3) is 0.0182. The van der Waals surface area contributed by atoms with Crippen molar-refractivity contribution in [3.63, 3.8) is 0 Å².